The summed E-state index contributed by atoms with van der Waals surface area (Å²) in [6, 6.07) is 8.50. The maximum Gasteiger partial charge on any atom is 0.250 e. The number of hydrogen-bond donors (Lipinski definition) is 0. The molecular formula is C24H27F2N5O2S. The lowest BCUT2D eigenvalue weighted by Gasteiger charge is -2.08. The van der Waals surface area contributed by atoms with E-state index in [2.05, 4.69) is 15.0 Å². The van der Waals surface area contributed by atoms with Crippen LogP contribution in [-0.4, -0.2) is 46.8 Å². The van der Waals surface area contributed by atoms with Crippen LogP contribution in [0.25, 0.3) is 21.6 Å². The van der Waals surface area contributed by atoms with E-state index in [0.29, 0.717) is 16.0 Å². The molecule has 0 spiro atoms. The van der Waals surface area contributed by atoms with E-state index in [9.17, 15) is 13.6 Å². The monoisotopic (exact) mass is 487 g/mol. The molecule has 7 nitrogen and oxygen atoms in total. The predicted octanol–water partition coefficient (Wildman–Crippen LogP) is 4.67. The molecule has 0 N–H and O–H groups in total. The molecule has 4 aromatic rings. The van der Waals surface area contributed by atoms with Gasteiger partial charge in [-0.25, -0.2) is 18.7 Å². The molecule has 34 heavy (non-hydrogen) atoms. The lowest BCUT2D eigenvalue weighted by molar-refractivity contribution is 0.0968. The first kappa shape index (κ1) is 25.4. The fourth-order valence-corrected chi connectivity index (χ4v) is 3.95. The van der Waals surface area contributed by atoms with Gasteiger partial charge in [0.25, 0.3) is 0 Å². The molecule has 180 valence electrons. The average molecular weight is 488 g/mol. The SMILES string of the molecule is C1CCOCC1.CN(C)c1nc2ncnc(-c3ccc(F)cc3F)c2s1.Cn1ccccc1=O. The molecule has 1 aliphatic heterocycles. The summed E-state index contributed by atoms with van der Waals surface area (Å²) in [5, 5.41) is 0.754. The van der Waals surface area contributed by atoms with Gasteiger partial charge in [-0.2, -0.15) is 4.98 Å². The molecule has 10 heteroatoms. The molecule has 1 fully saturated rings. The molecular weight excluding hydrogens is 460 g/mol. The second-order valence-electron chi connectivity index (χ2n) is 7.71. The third kappa shape index (κ3) is 6.88. The summed E-state index contributed by atoms with van der Waals surface area (Å²) in [6.07, 6.45) is 6.99. The maximum atomic E-state index is 13.9. The van der Waals surface area contributed by atoms with Crippen molar-refractivity contribution >= 4 is 26.8 Å². The fraction of sp³-hybridized carbons (Fsp3) is 0.333. The summed E-state index contributed by atoms with van der Waals surface area (Å²) < 4.78 is 34.2. The van der Waals surface area contributed by atoms with Crippen LogP contribution in [0.5, 0.6) is 0 Å². The first-order valence-corrected chi connectivity index (χ1v) is 11.6. The van der Waals surface area contributed by atoms with Gasteiger partial charge in [0.05, 0.1) is 5.69 Å². The number of ether oxygens (including phenoxy) is 1. The van der Waals surface area contributed by atoms with Crippen molar-refractivity contribution < 1.29 is 13.5 Å². The van der Waals surface area contributed by atoms with Gasteiger partial charge in [-0.15, -0.1) is 0 Å². The Kier molecular flexibility index (Phi) is 9.17. The zero-order valence-electron chi connectivity index (χ0n) is 19.4. The zero-order valence-corrected chi connectivity index (χ0v) is 20.2. The number of benzene rings is 1. The normalized spacial score (nSPS) is 12.9. The van der Waals surface area contributed by atoms with Crippen molar-refractivity contribution in [3.63, 3.8) is 0 Å². The van der Waals surface area contributed by atoms with Crippen LogP contribution in [0.1, 0.15) is 19.3 Å². The Morgan fingerprint density at radius 2 is 1.82 bits per heavy atom. The van der Waals surface area contributed by atoms with Crippen molar-refractivity contribution in [1.82, 2.24) is 19.5 Å². The van der Waals surface area contributed by atoms with E-state index in [1.807, 2.05) is 25.1 Å². The van der Waals surface area contributed by atoms with Crippen LogP contribution in [0.2, 0.25) is 0 Å². The summed E-state index contributed by atoms with van der Waals surface area (Å²) in [5.41, 5.74) is 1.21. The topological polar surface area (TPSA) is 73.1 Å². The predicted molar refractivity (Wildman–Crippen MR) is 131 cm³/mol. The fourth-order valence-electron chi connectivity index (χ4n) is 3.00. The molecule has 0 saturated carbocycles. The quantitative estimate of drug-likeness (QED) is 0.409. The minimum absolute atomic E-state index is 0.0347. The van der Waals surface area contributed by atoms with E-state index in [0.717, 1.165) is 24.4 Å². The average Bonchev–Trinajstić information content (AvgIpc) is 3.28. The molecule has 0 aliphatic carbocycles. The first-order chi connectivity index (χ1) is 16.4. The van der Waals surface area contributed by atoms with Crippen molar-refractivity contribution in [2.75, 3.05) is 32.2 Å². The number of thiazole rings is 1. The molecule has 1 aromatic carbocycles. The highest BCUT2D eigenvalue weighted by molar-refractivity contribution is 7.22. The van der Waals surface area contributed by atoms with Crippen LogP contribution in [0.4, 0.5) is 13.9 Å². The number of aromatic nitrogens is 4. The molecule has 0 unspecified atom stereocenters. The third-order valence-corrected chi connectivity index (χ3v) is 6.05. The second kappa shape index (κ2) is 12.3. The first-order valence-electron chi connectivity index (χ1n) is 10.8. The summed E-state index contributed by atoms with van der Waals surface area (Å²) in [5.74, 6) is -1.26. The number of fused-ring (bicyclic) bond motifs is 1. The number of halogens is 2. The van der Waals surface area contributed by atoms with Gasteiger partial charge >= 0.3 is 0 Å². The minimum atomic E-state index is -0.648. The molecule has 0 radical (unpaired) electrons. The van der Waals surface area contributed by atoms with E-state index in [1.54, 1.807) is 19.3 Å². The number of nitrogens with zero attached hydrogens (tertiary/aromatic N) is 5. The highest BCUT2D eigenvalue weighted by Gasteiger charge is 2.16. The van der Waals surface area contributed by atoms with Crippen LogP contribution in [0.3, 0.4) is 0 Å². The van der Waals surface area contributed by atoms with Crippen LogP contribution in [0.15, 0.2) is 53.7 Å². The number of anilines is 1. The second-order valence-corrected chi connectivity index (χ2v) is 8.69. The van der Waals surface area contributed by atoms with E-state index in [-0.39, 0.29) is 11.1 Å². The lowest BCUT2D eigenvalue weighted by atomic mass is 10.1. The van der Waals surface area contributed by atoms with Gasteiger partial charge in [0.2, 0.25) is 5.56 Å². The Hall–Kier alpha value is -3.24. The molecule has 4 heterocycles. The summed E-state index contributed by atoms with van der Waals surface area (Å²) >= 11 is 1.37. The van der Waals surface area contributed by atoms with Gasteiger partial charge < -0.3 is 14.2 Å². The number of pyridine rings is 1. The van der Waals surface area contributed by atoms with Crippen LogP contribution >= 0.6 is 11.3 Å². The Balaban J connectivity index is 0.000000188. The lowest BCUT2D eigenvalue weighted by Crippen LogP contribution is -2.12. The molecule has 1 aliphatic rings. The van der Waals surface area contributed by atoms with Crippen LogP contribution in [0, 0.1) is 11.6 Å². The van der Waals surface area contributed by atoms with E-state index in [4.69, 9.17) is 4.74 Å². The van der Waals surface area contributed by atoms with Gasteiger partial charge in [-0.05, 0) is 37.5 Å². The van der Waals surface area contributed by atoms with E-state index < -0.39 is 11.6 Å². The Morgan fingerprint density at radius 1 is 1.06 bits per heavy atom. The molecule has 0 amide bonds. The molecule has 0 bridgehead atoms. The Bertz CT molecular complexity index is 1260. The highest BCUT2D eigenvalue weighted by Crippen LogP contribution is 2.34. The smallest absolute Gasteiger partial charge is 0.250 e. The number of hydrogen-bond acceptors (Lipinski definition) is 7. The summed E-state index contributed by atoms with van der Waals surface area (Å²) in [6.45, 7) is 2.00. The van der Waals surface area contributed by atoms with E-state index in [1.165, 1.54) is 59.7 Å². The highest BCUT2D eigenvalue weighted by atomic mass is 32.1. The maximum absolute atomic E-state index is 13.9. The number of aryl methyl sites for hydroxylation is 1. The van der Waals surface area contributed by atoms with Gasteiger partial charge in [0, 0.05) is 58.2 Å². The van der Waals surface area contributed by atoms with Crippen LogP contribution in [-0.2, 0) is 11.8 Å². The van der Waals surface area contributed by atoms with Gasteiger partial charge in [-0.1, -0.05) is 17.4 Å². The van der Waals surface area contributed by atoms with Gasteiger partial charge in [-0.3, -0.25) is 4.79 Å². The Labute approximate surface area is 200 Å². The molecule has 1 saturated heterocycles. The van der Waals surface area contributed by atoms with Crippen molar-refractivity contribution in [3.8, 4) is 11.3 Å². The summed E-state index contributed by atoms with van der Waals surface area (Å²) in [4.78, 5) is 25.0. The van der Waals surface area contributed by atoms with Crippen molar-refractivity contribution in [2.45, 2.75) is 19.3 Å². The Morgan fingerprint density at radius 3 is 2.35 bits per heavy atom. The van der Waals surface area contributed by atoms with Gasteiger partial charge in [0.1, 0.15) is 22.7 Å². The van der Waals surface area contributed by atoms with Crippen LogP contribution < -0.4 is 10.5 Å². The number of rotatable bonds is 2. The molecule has 5 rings (SSSR count). The molecule has 3 aromatic heterocycles. The van der Waals surface area contributed by atoms with E-state index >= 15 is 0 Å². The molecule has 0 atom stereocenters. The zero-order chi connectivity index (χ0) is 24.5. The largest absolute Gasteiger partial charge is 0.381 e. The standard InChI is InChI=1S/C13H10F2N4S.C6H7NO.C5H10O/c1-19(2)13-18-12-11(20-13)10(16-6-17-12)8-4-3-7(14)5-9(8)15;1-7-5-3-2-4-6(7)8;1-2-4-6-5-3-1/h3-6H,1-2H3;2-5H,1H3;1-5H2. The van der Waals surface area contributed by atoms with Crippen molar-refractivity contribution in [3.05, 3.63) is 70.9 Å². The third-order valence-electron chi connectivity index (χ3n) is 4.83. The summed E-state index contributed by atoms with van der Waals surface area (Å²) in [7, 11) is 5.45. The van der Waals surface area contributed by atoms with Gasteiger partial charge in [0.15, 0.2) is 10.8 Å². The minimum Gasteiger partial charge on any atom is -0.381 e. The van der Waals surface area contributed by atoms with Crippen molar-refractivity contribution in [2.24, 2.45) is 7.05 Å². The van der Waals surface area contributed by atoms with Crippen molar-refractivity contribution in [1.29, 1.82) is 0 Å².